The number of nitrogens with one attached hydrogen (secondary N) is 1. The second-order valence-electron chi connectivity index (χ2n) is 7.61. The Labute approximate surface area is 187 Å². The van der Waals surface area contributed by atoms with Crippen LogP contribution in [-0.2, 0) is 0 Å². The first kappa shape index (κ1) is 22.4. The lowest BCUT2D eigenvalue weighted by molar-refractivity contribution is -0.274. The van der Waals surface area contributed by atoms with Crippen LogP contribution in [0.1, 0.15) is 36.4 Å². The van der Waals surface area contributed by atoms with Crippen LogP contribution < -0.4 is 14.8 Å². The molecule has 0 fully saturated rings. The summed E-state index contributed by atoms with van der Waals surface area (Å²) in [6.07, 6.45) is -2.55. The highest BCUT2D eigenvalue weighted by Crippen LogP contribution is 2.35. The van der Waals surface area contributed by atoms with Gasteiger partial charge in [-0.25, -0.2) is 0 Å². The van der Waals surface area contributed by atoms with E-state index in [9.17, 15) is 18.0 Å². The SMILES string of the molecule is CCC(C)NC(=O)c1c(C)oc2cc(Oc3ccnc4cc(OC(F)(F)F)ccc34)ccc12. The lowest BCUT2D eigenvalue weighted by Crippen LogP contribution is -2.32. The first-order valence-electron chi connectivity index (χ1n) is 10.3. The number of benzene rings is 2. The van der Waals surface area contributed by atoms with Gasteiger partial charge in [0.1, 0.15) is 28.6 Å². The van der Waals surface area contributed by atoms with Crippen LogP contribution in [0.5, 0.6) is 17.2 Å². The van der Waals surface area contributed by atoms with Crippen molar-refractivity contribution in [1.29, 1.82) is 0 Å². The van der Waals surface area contributed by atoms with Gasteiger partial charge in [-0.15, -0.1) is 13.2 Å². The van der Waals surface area contributed by atoms with E-state index in [1.807, 2.05) is 13.8 Å². The van der Waals surface area contributed by atoms with E-state index in [-0.39, 0.29) is 23.2 Å². The van der Waals surface area contributed by atoms with E-state index in [2.05, 4.69) is 15.0 Å². The molecular weight excluding hydrogens is 437 g/mol. The second-order valence-corrected chi connectivity index (χ2v) is 7.61. The molecule has 33 heavy (non-hydrogen) atoms. The highest BCUT2D eigenvalue weighted by atomic mass is 19.4. The molecule has 0 bridgehead atoms. The first-order valence-corrected chi connectivity index (χ1v) is 10.3. The predicted molar refractivity (Wildman–Crippen MR) is 117 cm³/mol. The summed E-state index contributed by atoms with van der Waals surface area (Å²) in [5.74, 6) is 0.764. The highest BCUT2D eigenvalue weighted by Gasteiger charge is 2.31. The van der Waals surface area contributed by atoms with Gasteiger partial charge >= 0.3 is 6.36 Å². The summed E-state index contributed by atoms with van der Waals surface area (Å²) in [7, 11) is 0. The maximum atomic E-state index is 12.7. The third-order valence-corrected chi connectivity index (χ3v) is 5.19. The van der Waals surface area contributed by atoms with Gasteiger partial charge in [0, 0.05) is 35.1 Å². The number of hydrogen-bond donors (Lipinski definition) is 1. The molecule has 9 heteroatoms. The van der Waals surface area contributed by atoms with Gasteiger partial charge in [0.2, 0.25) is 0 Å². The summed E-state index contributed by atoms with van der Waals surface area (Å²) in [6, 6.07) is 10.6. The molecule has 4 aromatic rings. The minimum Gasteiger partial charge on any atom is -0.460 e. The monoisotopic (exact) mass is 458 g/mol. The van der Waals surface area contributed by atoms with Crippen molar-refractivity contribution in [3.63, 3.8) is 0 Å². The summed E-state index contributed by atoms with van der Waals surface area (Å²) < 4.78 is 53.2. The standard InChI is InChI=1S/C24H21F3N2O4/c1-4-13(2)29-23(30)22-14(3)31-21-12-15(5-8-18(21)22)32-20-9-10-28-19-11-16(6-7-17(19)20)33-24(25,26)27/h5-13H,4H2,1-3H3,(H,29,30). The molecule has 0 radical (unpaired) electrons. The maximum absolute atomic E-state index is 12.7. The van der Waals surface area contributed by atoms with Crippen molar-refractivity contribution >= 4 is 27.8 Å². The van der Waals surface area contributed by atoms with Crippen LogP contribution in [0.4, 0.5) is 13.2 Å². The molecule has 2 heterocycles. The fraction of sp³-hybridized carbons (Fsp3) is 0.250. The van der Waals surface area contributed by atoms with Crippen LogP contribution >= 0.6 is 0 Å². The van der Waals surface area contributed by atoms with Crippen molar-refractivity contribution in [1.82, 2.24) is 10.3 Å². The number of furan rings is 1. The lowest BCUT2D eigenvalue weighted by Gasteiger charge is -2.12. The molecule has 0 spiro atoms. The number of nitrogens with zero attached hydrogens (tertiary/aromatic N) is 1. The minimum atomic E-state index is -4.79. The molecule has 1 unspecified atom stereocenters. The lowest BCUT2D eigenvalue weighted by atomic mass is 10.1. The molecule has 6 nitrogen and oxygen atoms in total. The largest absolute Gasteiger partial charge is 0.573 e. The normalized spacial score (nSPS) is 12.7. The van der Waals surface area contributed by atoms with Crippen molar-refractivity contribution in [3.8, 4) is 17.2 Å². The predicted octanol–water partition coefficient (Wildman–Crippen LogP) is 6.51. The third-order valence-electron chi connectivity index (χ3n) is 5.19. The Kier molecular flexibility index (Phi) is 5.88. The van der Waals surface area contributed by atoms with Gasteiger partial charge in [0.25, 0.3) is 5.91 Å². The van der Waals surface area contributed by atoms with E-state index in [0.717, 1.165) is 6.42 Å². The van der Waals surface area contributed by atoms with Gasteiger partial charge in [-0.2, -0.15) is 0 Å². The van der Waals surface area contributed by atoms with Crippen molar-refractivity contribution in [2.75, 3.05) is 0 Å². The van der Waals surface area contributed by atoms with E-state index in [0.29, 0.717) is 39.2 Å². The van der Waals surface area contributed by atoms with Crippen molar-refractivity contribution in [2.24, 2.45) is 0 Å². The zero-order valence-corrected chi connectivity index (χ0v) is 18.1. The number of rotatable bonds is 6. The number of carbonyl (C=O) groups excluding carboxylic acids is 1. The van der Waals surface area contributed by atoms with Crippen LogP contribution in [0.2, 0.25) is 0 Å². The number of alkyl halides is 3. The summed E-state index contributed by atoms with van der Waals surface area (Å²) in [5.41, 5.74) is 1.25. The molecule has 1 amide bonds. The Morgan fingerprint density at radius 2 is 1.85 bits per heavy atom. The Bertz CT molecular complexity index is 1330. The quantitative estimate of drug-likeness (QED) is 0.357. The molecule has 2 aromatic carbocycles. The molecule has 0 aliphatic rings. The average molecular weight is 458 g/mol. The Balaban J connectivity index is 1.63. The van der Waals surface area contributed by atoms with Crippen molar-refractivity contribution in [3.05, 3.63) is 60.0 Å². The topological polar surface area (TPSA) is 73.6 Å². The molecule has 0 aliphatic heterocycles. The van der Waals surface area contributed by atoms with Crippen LogP contribution in [0, 0.1) is 6.92 Å². The van der Waals surface area contributed by atoms with Gasteiger partial charge < -0.3 is 19.2 Å². The maximum Gasteiger partial charge on any atom is 0.573 e. The number of aromatic nitrogens is 1. The molecule has 2 aromatic heterocycles. The molecule has 172 valence electrons. The average Bonchev–Trinajstić information content (AvgIpc) is 3.07. The van der Waals surface area contributed by atoms with E-state index in [1.165, 1.54) is 24.4 Å². The second kappa shape index (κ2) is 8.65. The van der Waals surface area contributed by atoms with Crippen LogP contribution in [0.25, 0.3) is 21.9 Å². The molecule has 4 rings (SSSR count). The number of halogens is 3. The molecular formula is C24H21F3N2O4. The van der Waals surface area contributed by atoms with Gasteiger partial charge in [0.05, 0.1) is 11.1 Å². The summed E-state index contributed by atoms with van der Waals surface area (Å²) in [4.78, 5) is 16.8. The number of hydrogen-bond acceptors (Lipinski definition) is 5. The number of pyridine rings is 1. The first-order chi connectivity index (χ1) is 15.6. The molecule has 1 atom stereocenters. The molecule has 0 saturated heterocycles. The number of amides is 1. The van der Waals surface area contributed by atoms with Crippen molar-refractivity contribution in [2.45, 2.75) is 39.6 Å². The van der Waals surface area contributed by atoms with Crippen molar-refractivity contribution < 1.29 is 31.9 Å². The van der Waals surface area contributed by atoms with Crippen LogP contribution in [-0.4, -0.2) is 23.3 Å². The zero-order chi connectivity index (χ0) is 23.8. The van der Waals surface area contributed by atoms with Crippen LogP contribution in [0.15, 0.2) is 53.1 Å². The minimum absolute atomic E-state index is 0.0338. The Morgan fingerprint density at radius 3 is 2.58 bits per heavy atom. The fourth-order valence-corrected chi connectivity index (χ4v) is 3.46. The number of carbonyl (C=O) groups is 1. The molecule has 1 N–H and O–H groups in total. The molecule has 0 saturated carbocycles. The third kappa shape index (κ3) is 4.87. The number of ether oxygens (including phenoxy) is 2. The fourth-order valence-electron chi connectivity index (χ4n) is 3.46. The van der Waals surface area contributed by atoms with E-state index in [4.69, 9.17) is 9.15 Å². The summed E-state index contributed by atoms with van der Waals surface area (Å²) >= 11 is 0. The van der Waals surface area contributed by atoms with Gasteiger partial charge in [-0.05, 0) is 50.6 Å². The van der Waals surface area contributed by atoms with Gasteiger partial charge in [-0.1, -0.05) is 6.92 Å². The van der Waals surface area contributed by atoms with E-state index < -0.39 is 6.36 Å². The summed E-state index contributed by atoms with van der Waals surface area (Å²) in [5, 5.41) is 4.11. The number of fused-ring (bicyclic) bond motifs is 2. The van der Waals surface area contributed by atoms with Gasteiger partial charge in [-0.3, -0.25) is 9.78 Å². The molecule has 0 aliphatic carbocycles. The van der Waals surface area contributed by atoms with E-state index in [1.54, 1.807) is 31.2 Å². The highest BCUT2D eigenvalue weighted by molar-refractivity contribution is 6.07. The van der Waals surface area contributed by atoms with E-state index >= 15 is 0 Å². The van der Waals surface area contributed by atoms with Crippen LogP contribution in [0.3, 0.4) is 0 Å². The smallest absolute Gasteiger partial charge is 0.460 e. The van der Waals surface area contributed by atoms with Gasteiger partial charge in [0.15, 0.2) is 0 Å². The summed E-state index contributed by atoms with van der Waals surface area (Å²) in [6.45, 7) is 5.64. The zero-order valence-electron chi connectivity index (χ0n) is 18.1. The Morgan fingerprint density at radius 1 is 1.12 bits per heavy atom. The Hall–Kier alpha value is -3.75. The number of aryl methyl sites for hydroxylation is 1.